The van der Waals surface area contributed by atoms with E-state index in [0.717, 1.165) is 5.69 Å². The highest BCUT2D eigenvalue weighted by Crippen LogP contribution is 2.26. The van der Waals surface area contributed by atoms with Gasteiger partial charge in [-0.25, -0.2) is 4.39 Å². The van der Waals surface area contributed by atoms with E-state index in [1.807, 2.05) is 30.3 Å². The summed E-state index contributed by atoms with van der Waals surface area (Å²) in [4.78, 5) is 12.7. The van der Waals surface area contributed by atoms with Gasteiger partial charge < -0.3 is 11.1 Å². The summed E-state index contributed by atoms with van der Waals surface area (Å²) in [5, 5.41) is 2.47. The fraction of sp³-hybridized carbons (Fsp3) is 0.133. The van der Waals surface area contributed by atoms with Crippen molar-refractivity contribution < 1.29 is 9.18 Å². The molecule has 2 rings (SSSR count). The van der Waals surface area contributed by atoms with Gasteiger partial charge in [-0.05, 0) is 37.3 Å². The molecule has 2 aromatic rings. The van der Waals surface area contributed by atoms with Crippen molar-refractivity contribution in [3.8, 4) is 0 Å². The van der Waals surface area contributed by atoms with Crippen molar-refractivity contribution in [2.24, 2.45) is 0 Å². The molecule has 0 aliphatic rings. The Bertz CT molecular complexity index is 604. The van der Waals surface area contributed by atoms with Gasteiger partial charge in [0.15, 0.2) is 0 Å². The zero-order valence-electron chi connectivity index (χ0n) is 11.0. The molecule has 5 heteroatoms. The molecular formula is C15H15FN2OS. The third-order valence-electron chi connectivity index (χ3n) is 2.70. The fourth-order valence-corrected chi connectivity index (χ4v) is 2.50. The normalized spacial score (nSPS) is 11.9. The quantitative estimate of drug-likeness (QED) is 0.669. The number of amides is 1. The number of nitrogen functional groups attached to an aromatic ring is 1. The van der Waals surface area contributed by atoms with Gasteiger partial charge in [-0.15, -0.1) is 11.8 Å². The van der Waals surface area contributed by atoms with Gasteiger partial charge in [-0.3, -0.25) is 4.79 Å². The number of carbonyl (C=O) groups excluding carboxylic acids is 1. The highest BCUT2D eigenvalue weighted by atomic mass is 32.2. The predicted molar refractivity (Wildman–Crippen MR) is 81.2 cm³/mol. The lowest BCUT2D eigenvalue weighted by atomic mass is 10.3. The van der Waals surface area contributed by atoms with Gasteiger partial charge >= 0.3 is 0 Å². The summed E-state index contributed by atoms with van der Waals surface area (Å²) in [6, 6.07) is 13.8. The van der Waals surface area contributed by atoms with E-state index in [0.29, 0.717) is 4.90 Å². The first-order valence-electron chi connectivity index (χ1n) is 6.14. The molecule has 104 valence electrons. The van der Waals surface area contributed by atoms with Crippen molar-refractivity contribution in [3.05, 3.63) is 54.3 Å². The van der Waals surface area contributed by atoms with E-state index in [9.17, 15) is 9.18 Å². The van der Waals surface area contributed by atoms with Gasteiger partial charge in [-0.1, -0.05) is 18.2 Å². The predicted octanol–water partition coefficient (Wildman–Crippen LogP) is 3.53. The molecule has 0 radical (unpaired) electrons. The SMILES string of the molecule is CC(Sc1ccc(N)c(F)c1)C(=O)Nc1ccccc1. The number of hydrogen-bond donors (Lipinski definition) is 2. The minimum Gasteiger partial charge on any atom is -0.396 e. The molecule has 0 spiro atoms. The number of carbonyl (C=O) groups is 1. The van der Waals surface area contributed by atoms with Crippen LogP contribution in [0, 0.1) is 5.82 Å². The zero-order valence-corrected chi connectivity index (χ0v) is 11.8. The largest absolute Gasteiger partial charge is 0.396 e. The highest BCUT2D eigenvalue weighted by Gasteiger charge is 2.15. The number of thioether (sulfide) groups is 1. The lowest BCUT2D eigenvalue weighted by Gasteiger charge is -2.12. The second kappa shape index (κ2) is 6.43. The highest BCUT2D eigenvalue weighted by molar-refractivity contribution is 8.00. The maximum absolute atomic E-state index is 13.3. The van der Waals surface area contributed by atoms with Gasteiger partial charge in [0.25, 0.3) is 0 Å². The molecule has 20 heavy (non-hydrogen) atoms. The number of nitrogens with two attached hydrogens (primary N) is 1. The summed E-state index contributed by atoms with van der Waals surface area (Å²) in [5.74, 6) is -0.593. The van der Waals surface area contributed by atoms with Crippen LogP contribution in [-0.2, 0) is 4.79 Å². The van der Waals surface area contributed by atoms with Crippen LogP contribution in [-0.4, -0.2) is 11.2 Å². The number of hydrogen-bond acceptors (Lipinski definition) is 3. The second-order valence-electron chi connectivity index (χ2n) is 4.30. The topological polar surface area (TPSA) is 55.1 Å². The fourth-order valence-electron chi connectivity index (χ4n) is 1.60. The van der Waals surface area contributed by atoms with E-state index in [1.54, 1.807) is 13.0 Å². The Kier molecular flexibility index (Phi) is 4.63. The summed E-state index contributed by atoms with van der Waals surface area (Å²) < 4.78 is 13.3. The minimum absolute atomic E-state index is 0.107. The van der Waals surface area contributed by atoms with Crippen LogP contribution in [0.3, 0.4) is 0 Å². The molecule has 1 amide bonds. The molecule has 2 aromatic carbocycles. The molecule has 1 unspecified atom stereocenters. The number of benzene rings is 2. The average Bonchev–Trinajstić information content (AvgIpc) is 2.44. The Hall–Kier alpha value is -2.01. The smallest absolute Gasteiger partial charge is 0.237 e. The van der Waals surface area contributed by atoms with Gasteiger partial charge in [-0.2, -0.15) is 0 Å². The third-order valence-corrected chi connectivity index (χ3v) is 3.79. The second-order valence-corrected chi connectivity index (χ2v) is 5.71. The number of halogens is 1. The molecule has 3 nitrogen and oxygen atoms in total. The summed E-state index contributed by atoms with van der Waals surface area (Å²) in [7, 11) is 0. The number of rotatable bonds is 4. The molecule has 1 atom stereocenters. The van der Waals surface area contributed by atoms with Gasteiger partial charge in [0.1, 0.15) is 5.82 Å². The Labute approximate surface area is 121 Å². The molecule has 0 heterocycles. The van der Waals surface area contributed by atoms with Gasteiger partial charge in [0, 0.05) is 10.6 Å². The van der Waals surface area contributed by atoms with Crippen molar-refractivity contribution in [2.75, 3.05) is 11.1 Å². The number of para-hydroxylation sites is 1. The lowest BCUT2D eigenvalue weighted by molar-refractivity contribution is -0.115. The molecule has 0 bridgehead atoms. The zero-order chi connectivity index (χ0) is 14.5. The summed E-state index contributed by atoms with van der Waals surface area (Å²) in [5.41, 5.74) is 6.27. The molecule has 3 N–H and O–H groups in total. The maximum Gasteiger partial charge on any atom is 0.237 e. The van der Waals surface area contributed by atoms with Crippen molar-refractivity contribution in [2.45, 2.75) is 17.1 Å². The minimum atomic E-state index is -0.467. The molecule has 0 aromatic heterocycles. The molecular weight excluding hydrogens is 275 g/mol. The first-order valence-corrected chi connectivity index (χ1v) is 7.02. The Morgan fingerprint density at radius 2 is 1.95 bits per heavy atom. The van der Waals surface area contributed by atoms with Crippen LogP contribution in [0.2, 0.25) is 0 Å². The van der Waals surface area contributed by atoms with E-state index in [2.05, 4.69) is 5.32 Å². The molecule has 0 fully saturated rings. The van der Waals surface area contributed by atoms with Crippen LogP contribution >= 0.6 is 11.8 Å². The summed E-state index contributed by atoms with van der Waals surface area (Å²) >= 11 is 1.29. The van der Waals surface area contributed by atoms with Crippen molar-refractivity contribution >= 4 is 29.0 Å². The van der Waals surface area contributed by atoms with Crippen molar-refractivity contribution in [1.82, 2.24) is 0 Å². The summed E-state index contributed by atoms with van der Waals surface area (Å²) in [6.45, 7) is 1.78. The number of nitrogens with one attached hydrogen (secondary N) is 1. The van der Waals surface area contributed by atoms with E-state index in [1.165, 1.54) is 23.9 Å². The van der Waals surface area contributed by atoms with E-state index >= 15 is 0 Å². The Morgan fingerprint density at radius 1 is 1.25 bits per heavy atom. The maximum atomic E-state index is 13.3. The van der Waals surface area contributed by atoms with Crippen LogP contribution in [0.5, 0.6) is 0 Å². The van der Waals surface area contributed by atoms with Crippen molar-refractivity contribution in [1.29, 1.82) is 0 Å². The van der Waals surface area contributed by atoms with E-state index in [4.69, 9.17) is 5.73 Å². The molecule has 0 saturated heterocycles. The van der Waals surface area contributed by atoms with Crippen LogP contribution in [0.15, 0.2) is 53.4 Å². The standard InChI is InChI=1S/C15H15FN2OS/c1-10(15(19)18-11-5-3-2-4-6-11)20-12-7-8-14(17)13(16)9-12/h2-10H,17H2,1H3,(H,18,19). The first kappa shape index (κ1) is 14.4. The van der Waals surface area contributed by atoms with Crippen LogP contribution < -0.4 is 11.1 Å². The molecule has 0 saturated carbocycles. The van der Waals surface area contributed by atoms with Crippen LogP contribution in [0.25, 0.3) is 0 Å². The van der Waals surface area contributed by atoms with Crippen LogP contribution in [0.1, 0.15) is 6.92 Å². The van der Waals surface area contributed by atoms with Gasteiger partial charge in [0.05, 0.1) is 10.9 Å². The molecule has 0 aliphatic carbocycles. The lowest BCUT2D eigenvalue weighted by Crippen LogP contribution is -2.22. The Balaban J connectivity index is 1.98. The Morgan fingerprint density at radius 3 is 2.60 bits per heavy atom. The monoisotopic (exact) mass is 290 g/mol. The molecule has 0 aliphatic heterocycles. The third kappa shape index (κ3) is 3.74. The van der Waals surface area contributed by atoms with E-state index in [-0.39, 0.29) is 16.8 Å². The number of anilines is 2. The van der Waals surface area contributed by atoms with Crippen molar-refractivity contribution in [3.63, 3.8) is 0 Å². The summed E-state index contributed by atoms with van der Waals surface area (Å²) in [6.07, 6.45) is 0. The van der Waals surface area contributed by atoms with Crippen LogP contribution in [0.4, 0.5) is 15.8 Å². The van der Waals surface area contributed by atoms with Gasteiger partial charge in [0.2, 0.25) is 5.91 Å². The van der Waals surface area contributed by atoms with E-state index < -0.39 is 5.82 Å². The first-order chi connectivity index (χ1) is 9.56. The average molecular weight is 290 g/mol.